The van der Waals surface area contributed by atoms with E-state index in [1.807, 2.05) is 0 Å². The summed E-state index contributed by atoms with van der Waals surface area (Å²) in [7, 11) is 0. The van der Waals surface area contributed by atoms with Gasteiger partial charge in [-0.3, -0.25) is 4.79 Å². The standard InChI is InChI=1S/C18H28O4/c19-16(7-6-12-4-2-1-3-5-12)13-10-15-14(17(13)20)11-18(15)21-8-9-22-18/h12-15,17,20H,1-11H2/t13-,14+,15-,17?/m0/s1. The van der Waals surface area contributed by atoms with Crippen LogP contribution in [0.15, 0.2) is 0 Å². The fourth-order valence-electron chi connectivity index (χ4n) is 5.34. The number of Topliss-reactive ketones (excluding diaryl/α,β-unsaturated/α-hetero) is 1. The van der Waals surface area contributed by atoms with Crippen molar-refractivity contribution in [3.63, 3.8) is 0 Å². The van der Waals surface area contributed by atoms with E-state index in [1.165, 1.54) is 32.1 Å². The van der Waals surface area contributed by atoms with Crippen molar-refractivity contribution < 1.29 is 19.4 Å². The van der Waals surface area contributed by atoms with Gasteiger partial charge in [-0.05, 0) is 24.7 Å². The van der Waals surface area contributed by atoms with Crippen LogP contribution in [-0.2, 0) is 14.3 Å². The van der Waals surface area contributed by atoms with Crippen LogP contribution in [0.5, 0.6) is 0 Å². The lowest BCUT2D eigenvalue weighted by Crippen LogP contribution is -2.54. The van der Waals surface area contributed by atoms with Crippen LogP contribution in [0, 0.1) is 23.7 Å². The molecule has 0 bridgehead atoms. The number of rotatable bonds is 4. The highest BCUT2D eigenvalue weighted by molar-refractivity contribution is 5.82. The molecule has 1 saturated heterocycles. The Balaban J connectivity index is 1.32. The van der Waals surface area contributed by atoms with Crippen LogP contribution >= 0.6 is 0 Å². The molecule has 3 saturated carbocycles. The minimum Gasteiger partial charge on any atom is -0.392 e. The maximum absolute atomic E-state index is 12.6. The Bertz CT molecular complexity index is 423. The molecule has 1 aliphatic heterocycles. The summed E-state index contributed by atoms with van der Waals surface area (Å²) in [5.74, 6) is 0.826. The molecule has 0 radical (unpaired) electrons. The third-order valence-electron chi connectivity index (χ3n) is 6.67. The van der Waals surface area contributed by atoms with Gasteiger partial charge in [0.1, 0.15) is 5.78 Å². The smallest absolute Gasteiger partial charge is 0.172 e. The quantitative estimate of drug-likeness (QED) is 0.867. The van der Waals surface area contributed by atoms with Crippen LogP contribution < -0.4 is 0 Å². The summed E-state index contributed by atoms with van der Waals surface area (Å²) in [4.78, 5) is 12.6. The van der Waals surface area contributed by atoms with Crippen molar-refractivity contribution >= 4 is 5.78 Å². The van der Waals surface area contributed by atoms with Crippen molar-refractivity contribution in [3.05, 3.63) is 0 Å². The third-order valence-corrected chi connectivity index (χ3v) is 6.67. The Labute approximate surface area is 132 Å². The summed E-state index contributed by atoms with van der Waals surface area (Å²) in [5.41, 5.74) is 0. The first kappa shape index (κ1) is 15.1. The molecular formula is C18H28O4. The Kier molecular flexibility index (Phi) is 4.04. The van der Waals surface area contributed by atoms with E-state index in [0.29, 0.717) is 19.6 Å². The molecule has 1 spiro atoms. The fourth-order valence-corrected chi connectivity index (χ4v) is 5.34. The second-order valence-electron chi connectivity index (χ2n) is 7.83. The first-order valence-corrected chi connectivity index (χ1v) is 9.18. The highest BCUT2D eigenvalue weighted by atomic mass is 16.7. The molecule has 1 N–H and O–H groups in total. The highest BCUT2D eigenvalue weighted by Gasteiger charge is 2.65. The molecule has 124 valence electrons. The lowest BCUT2D eigenvalue weighted by Gasteiger charge is -2.48. The zero-order chi connectivity index (χ0) is 15.2. The molecule has 4 aliphatic rings. The van der Waals surface area contributed by atoms with Crippen LogP contribution in [0.4, 0.5) is 0 Å². The minimum atomic E-state index is -0.470. The minimum absolute atomic E-state index is 0.175. The Morgan fingerprint density at radius 2 is 1.86 bits per heavy atom. The first-order chi connectivity index (χ1) is 10.7. The predicted octanol–water partition coefficient (Wildman–Crippen LogP) is 2.68. The molecule has 3 aliphatic carbocycles. The normalized spacial score (nSPS) is 40.6. The summed E-state index contributed by atoms with van der Waals surface area (Å²) in [6.45, 7) is 1.30. The number of fused-ring (bicyclic) bond motifs is 2. The summed E-state index contributed by atoms with van der Waals surface area (Å²) in [6, 6.07) is 0. The van der Waals surface area contributed by atoms with Gasteiger partial charge in [0.15, 0.2) is 5.79 Å². The monoisotopic (exact) mass is 308 g/mol. The molecule has 4 heteroatoms. The van der Waals surface area contributed by atoms with Crippen LogP contribution in [0.3, 0.4) is 0 Å². The van der Waals surface area contributed by atoms with Crippen LogP contribution in [0.25, 0.3) is 0 Å². The zero-order valence-corrected chi connectivity index (χ0v) is 13.3. The van der Waals surface area contributed by atoms with Gasteiger partial charge in [0.05, 0.1) is 19.3 Å². The molecule has 4 atom stereocenters. The van der Waals surface area contributed by atoms with Gasteiger partial charge in [-0.1, -0.05) is 32.1 Å². The van der Waals surface area contributed by atoms with Crippen molar-refractivity contribution in [1.29, 1.82) is 0 Å². The Morgan fingerprint density at radius 1 is 1.14 bits per heavy atom. The number of aliphatic hydroxyl groups is 1. The van der Waals surface area contributed by atoms with Gasteiger partial charge in [-0.15, -0.1) is 0 Å². The predicted molar refractivity (Wildman–Crippen MR) is 81.2 cm³/mol. The number of ketones is 1. The second-order valence-corrected chi connectivity index (χ2v) is 7.83. The van der Waals surface area contributed by atoms with Crippen molar-refractivity contribution in [3.8, 4) is 0 Å². The fraction of sp³-hybridized carbons (Fsp3) is 0.944. The molecular weight excluding hydrogens is 280 g/mol. The van der Waals surface area contributed by atoms with Crippen LogP contribution in [0.1, 0.15) is 57.8 Å². The Morgan fingerprint density at radius 3 is 2.59 bits per heavy atom. The van der Waals surface area contributed by atoms with Gasteiger partial charge in [0.2, 0.25) is 0 Å². The molecule has 0 aromatic rings. The number of aliphatic hydroxyl groups excluding tert-OH is 1. The molecule has 0 aromatic heterocycles. The van der Waals surface area contributed by atoms with Crippen molar-refractivity contribution in [1.82, 2.24) is 0 Å². The Hall–Kier alpha value is -0.450. The molecule has 0 amide bonds. The number of hydrogen-bond donors (Lipinski definition) is 1. The first-order valence-electron chi connectivity index (χ1n) is 9.18. The summed E-state index contributed by atoms with van der Waals surface area (Å²) >= 11 is 0. The molecule has 4 fully saturated rings. The van der Waals surface area contributed by atoms with E-state index in [-0.39, 0.29) is 23.5 Å². The van der Waals surface area contributed by atoms with Crippen molar-refractivity contribution in [2.75, 3.05) is 13.2 Å². The van der Waals surface area contributed by atoms with E-state index in [9.17, 15) is 9.90 Å². The molecule has 22 heavy (non-hydrogen) atoms. The molecule has 1 unspecified atom stereocenters. The average molecular weight is 308 g/mol. The molecule has 0 aromatic carbocycles. The van der Waals surface area contributed by atoms with Crippen molar-refractivity contribution in [2.24, 2.45) is 23.7 Å². The summed E-state index contributed by atoms with van der Waals surface area (Å²) in [6.07, 6.45) is 9.32. The zero-order valence-electron chi connectivity index (χ0n) is 13.3. The van der Waals surface area contributed by atoms with Crippen LogP contribution in [0.2, 0.25) is 0 Å². The van der Waals surface area contributed by atoms with E-state index in [2.05, 4.69) is 0 Å². The van der Waals surface area contributed by atoms with Gasteiger partial charge in [-0.2, -0.15) is 0 Å². The number of hydrogen-bond acceptors (Lipinski definition) is 4. The maximum Gasteiger partial charge on any atom is 0.172 e. The largest absolute Gasteiger partial charge is 0.392 e. The summed E-state index contributed by atoms with van der Waals surface area (Å²) in [5, 5.41) is 10.5. The van der Waals surface area contributed by atoms with Gasteiger partial charge in [0.25, 0.3) is 0 Å². The van der Waals surface area contributed by atoms with E-state index >= 15 is 0 Å². The van der Waals surface area contributed by atoms with Gasteiger partial charge in [-0.25, -0.2) is 0 Å². The highest BCUT2D eigenvalue weighted by Crippen LogP contribution is 2.59. The third kappa shape index (κ3) is 2.44. The lowest BCUT2D eigenvalue weighted by atomic mass is 9.69. The SMILES string of the molecule is O=C(CCC1CCCCC1)[C@@H]1C[C@H]2[C@@H](CC23OCCO3)C1O. The van der Waals surface area contributed by atoms with Crippen LogP contribution in [-0.4, -0.2) is 36.0 Å². The maximum atomic E-state index is 12.6. The van der Waals surface area contributed by atoms with Crippen molar-refractivity contribution in [2.45, 2.75) is 69.7 Å². The molecule has 1 heterocycles. The van der Waals surface area contributed by atoms with Gasteiger partial charge >= 0.3 is 0 Å². The van der Waals surface area contributed by atoms with E-state index in [1.54, 1.807) is 0 Å². The average Bonchev–Trinajstić information content (AvgIpc) is 3.12. The molecule has 4 rings (SSSR count). The second kappa shape index (κ2) is 5.88. The number of carbonyl (C=O) groups is 1. The topological polar surface area (TPSA) is 55.8 Å². The van der Waals surface area contributed by atoms with E-state index in [0.717, 1.165) is 25.2 Å². The molecule has 4 nitrogen and oxygen atoms in total. The van der Waals surface area contributed by atoms with E-state index < -0.39 is 11.9 Å². The number of ether oxygens (including phenoxy) is 2. The lowest BCUT2D eigenvalue weighted by molar-refractivity contribution is -0.275. The van der Waals surface area contributed by atoms with Gasteiger partial charge in [0, 0.05) is 24.7 Å². The van der Waals surface area contributed by atoms with Gasteiger partial charge < -0.3 is 14.6 Å². The number of carbonyl (C=O) groups excluding carboxylic acids is 1. The van der Waals surface area contributed by atoms with E-state index in [4.69, 9.17) is 9.47 Å². The summed E-state index contributed by atoms with van der Waals surface area (Å²) < 4.78 is 11.6.